The lowest BCUT2D eigenvalue weighted by Crippen LogP contribution is -2.37. The van der Waals surface area contributed by atoms with Crippen LogP contribution in [0.5, 0.6) is 5.75 Å². The summed E-state index contributed by atoms with van der Waals surface area (Å²) in [7, 11) is 0. The van der Waals surface area contributed by atoms with Crippen molar-refractivity contribution in [2.45, 2.75) is 25.7 Å². The molecule has 0 fully saturated rings. The van der Waals surface area contributed by atoms with Gasteiger partial charge in [0.25, 0.3) is 11.8 Å². The summed E-state index contributed by atoms with van der Waals surface area (Å²) in [4.78, 5) is 25.0. The van der Waals surface area contributed by atoms with E-state index in [4.69, 9.17) is 34.3 Å². The monoisotopic (exact) mass is 423 g/mol. The standard InChI is InChI=1S/C18H18ClN3O3S2/c19-10-5-7-11(8-6-10)25-9-14(23)21-18(26)22-17-15(16(20)24)12-3-1-2-4-13(12)27-17/h5-8H,1-4,9H2,(H2,20,24)(H2,21,22,23,26). The van der Waals surface area contributed by atoms with E-state index in [2.05, 4.69) is 10.6 Å². The molecule has 0 bridgehead atoms. The summed E-state index contributed by atoms with van der Waals surface area (Å²) < 4.78 is 5.37. The highest BCUT2D eigenvalue weighted by molar-refractivity contribution is 7.80. The van der Waals surface area contributed by atoms with Crippen LogP contribution in [0.2, 0.25) is 5.02 Å². The van der Waals surface area contributed by atoms with E-state index in [1.54, 1.807) is 24.3 Å². The molecule has 27 heavy (non-hydrogen) atoms. The molecule has 1 aliphatic carbocycles. The third-order valence-corrected chi connectivity index (χ3v) is 5.74. The molecule has 0 atom stereocenters. The number of thiophene rings is 1. The molecule has 1 aliphatic rings. The molecule has 1 aromatic heterocycles. The number of halogens is 1. The number of hydrogen-bond donors (Lipinski definition) is 3. The molecule has 9 heteroatoms. The fourth-order valence-electron chi connectivity index (χ4n) is 2.89. The van der Waals surface area contributed by atoms with Crippen LogP contribution in [-0.2, 0) is 17.6 Å². The predicted octanol–water partition coefficient (Wildman–Crippen LogP) is 3.27. The van der Waals surface area contributed by atoms with Gasteiger partial charge in [0.2, 0.25) is 0 Å². The van der Waals surface area contributed by atoms with Crippen LogP contribution >= 0.6 is 35.2 Å². The summed E-state index contributed by atoms with van der Waals surface area (Å²) in [5.41, 5.74) is 7.03. The first-order chi connectivity index (χ1) is 12.9. The minimum absolute atomic E-state index is 0.0980. The van der Waals surface area contributed by atoms with Crippen LogP contribution < -0.4 is 21.1 Å². The van der Waals surface area contributed by atoms with Gasteiger partial charge in [-0.25, -0.2) is 0 Å². The second-order valence-electron chi connectivity index (χ2n) is 6.02. The predicted molar refractivity (Wildman–Crippen MR) is 111 cm³/mol. The summed E-state index contributed by atoms with van der Waals surface area (Å²) in [6.07, 6.45) is 3.89. The Morgan fingerprint density at radius 1 is 1.22 bits per heavy atom. The summed E-state index contributed by atoms with van der Waals surface area (Å²) in [5.74, 6) is -0.378. The largest absolute Gasteiger partial charge is 0.484 e. The number of fused-ring (bicyclic) bond motifs is 1. The molecule has 2 amide bonds. The average molecular weight is 424 g/mol. The van der Waals surface area contributed by atoms with Gasteiger partial charge in [0.1, 0.15) is 10.8 Å². The van der Waals surface area contributed by atoms with Gasteiger partial charge < -0.3 is 15.8 Å². The maximum atomic E-state index is 12.0. The van der Waals surface area contributed by atoms with Crippen LogP contribution in [-0.4, -0.2) is 23.5 Å². The maximum Gasteiger partial charge on any atom is 0.264 e. The molecule has 6 nitrogen and oxygen atoms in total. The van der Waals surface area contributed by atoms with E-state index < -0.39 is 11.8 Å². The molecule has 3 rings (SSSR count). The summed E-state index contributed by atoms with van der Waals surface area (Å²) in [5, 5.41) is 6.74. The van der Waals surface area contributed by atoms with Crippen LogP contribution in [0, 0.1) is 0 Å². The number of nitrogens with two attached hydrogens (primary N) is 1. The molecule has 0 saturated heterocycles. The Morgan fingerprint density at radius 3 is 2.63 bits per heavy atom. The van der Waals surface area contributed by atoms with Gasteiger partial charge in [-0.05, 0) is 67.7 Å². The van der Waals surface area contributed by atoms with Crippen molar-refractivity contribution in [2.75, 3.05) is 11.9 Å². The number of anilines is 1. The van der Waals surface area contributed by atoms with E-state index >= 15 is 0 Å². The zero-order valence-corrected chi connectivity index (χ0v) is 16.7. The van der Waals surface area contributed by atoms with Crippen LogP contribution in [0.4, 0.5) is 5.00 Å². The zero-order chi connectivity index (χ0) is 19.4. The number of carbonyl (C=O) groups excluding carboxylic acids is 2. The molecule has 0 spiro atoms. The van der Waals surface area contributed by atoms with Gasteiger partial charge >= 0.3 is 0 Å². The number of ether oxygens (including phenoxy) is 1. The third kappa shape index (κ3) is 4.97. The number of carbonyl (C=O) groups is 2. The van der Waals surface area contributed by atoms with Crippen molar-refractivity contribution in [3.63, 3.8) is 0 Å². The van der Waals surface area contributed by atoms with Gasteiger partial charge in [-0.3, -0.25) is 14.9 Å². The molecule has 142 valence electrons. The van der Waals surface area contributed by atoms with Gasteiger partial charge in [0.15, 0.2) is 11.7 Å². The highest BCUT2D eigenvalue weighted by Gasteiger charge is 2.24. The van der Waals surface area contributed by atoms with E-state index in [1.165, 1.54) is 11.3 Å². The highest BCUT2D eigenvalue weighted by atomic mass is 35.5. The van der Waals surface area contributed by atoms with Crippen molar-refractivity contribution in [1.82, 2.24) is 5.32 Å². The quantitative estimate of drug-likeness (QED) is 0.642. The van der Waals surface area contributed by atoms with Gasteiger partial charge in [-0.1, -0.05) is 11.6 Å². The lowest BCUT2D eigenvalue weighted by molar-refractivity contribution is -0.121. The van der Waals surface area contributed by atoms with Gasteiger partial charge in [-0.15, -0.1) is 11.3 Å². The van der Waals surface area contributed by atoms with E-state index in [0.29, 0.717) is 21.3 Å². The molecular formula is C18H18ClN3O3S2. The Balaban J connectivity index is 1.59. The number of rotatable bonds is 5. The Hall–Kier alpha value is -2.16. The lowest BCUT2D eigenvalue weighted by atomic mass is 9.95. The van der Waals surface area contributed by atoms with Gasteiger partial charge in [0.05, 0.1) is 5.56 Å². The molecule has 0 saturated carbocycles. The number of benzene rings is 1. The third-order valence-electron chi connectivity index (χ3n) is 4.08. The summed E-state index contributed by atoms with van der Waals surface area (Å²) >= 11 is 12.4. The van der Waals surface area contributed by atoms with E-state index in [1.807, 2.05) is 0 Å². The highest BCUT2D eigenvalue weighted by Crippen LogP contribution is 2.37. The van der Waals surface area contributed by atoms with Gasteiger partial charge in [0, 0.05) is 9.90 Å². The number of primary amides is 1. The molecule has 1 heterocycles. The van der Waals surface area contributed by atoms with Gasteiger partial charge in [-0.2, -0.15) is 0 Å². The van der Waals surface area contributed by atoms with E-state index in [0.717, 1.165) is 36.1 Å². The fraction of sp³-hybridized carbons (Fsp3) is 0.278. The van der Waals surface area contributed by atoms with Crippen molar-refractivity contribution in [3.05, 3.63) is 45.3 Å². The molecule has 1 aromatic carbocycles. The normalized spacial score (nSPS) is 12.8. The van der Waals surface area contributed by atoms with Crippen molar-refractivity contribution in [1.29, 1.82) is 0 Å². The lowest BCUT2D eigenvalue weighted by Gasteiger charge is -2.12. The van der Waals surface area contributed by atoms with Crippen molar-refractivity contribution in [2.24, 2.45) is 5.73 Å². The van der Waals surface area contributed by atoms with Crippen molar-refractivity contribution < 1.29 is 14.3 Å². The summed E-state index contributed by atoms with van der Waals surface area (Å²) in [6.45, 7) is -0.201. The smallest absolute Gasteiger partial charge is 0.264 e. The molecule has 2 aromatic rings. The van der Waals surface area contributed by atoms with E-state index in [9.17, 15) is 9.59 Å². The second-order valence-corrected chi connectivity index (χ2v) is 7.97. The molecule has 4 N–H and O–H groups in total. The number of nitrogens with one attached hydrogen (secondary N) is 2. The minimum atomic E-state index is -0.489. The Morgan fingerprint density at radius 2 is 1.93 bits per heavy atom. The number of hydrogen-bond acceptors (Lipinski definition) is 5. The second kappa shape index (κ2) is 8.69. The first kappa shape index (κ1) is 19.6. The number of amides is 2. The van der Waals surface area contributed by atoms with Crippen LogP contribution in [0.25, 0.3) is 0 Å². The summed E-state index contributed by atoms with van der Waals surface area (Å²) in [6, 6.07) is 6.68. The Labute approximate surface area is 171 Å². The Kier molecular flexibility index (Phi) is 6.30. The molecule has 0 radical (unpaired) electrons. The van der Waals surface area contributed by atoms with E-state index in [-0.39, 0.29) is 11.7 Å². The molecular weight excluding hydrogens is 406 g/mol. The molecule has 0 unspecified atom stereocenters. The maximum absolute atomic E-state index is 12.0. The van der Waals surface area contributed by atoms with Crippen LogP contribution in [0.3, 0.4) is 0 Å². The SMILES string of the molecule is NC(=O)c1c(NC(=S)NC(=O)COc2ccc(Cl)cc2)sc2c1CCCC2. The van der Waals surface area contributed by atoms with Crippen LogP contribution in [0.15, 0.2) is 24.3 Å². The molecule has 0 aliphatic heterocycles. The topological polar surface area (TPSA) is 93.5 Å². The number of thiocarbonyl (C=S) groups is 1. The first-order valence-corrected chi connectivity index (χ1v) is 9.98. The minimum Gasteiger partial charge on any atom is -0.484 e. The average Bonchev–Trinajstić information content (AvgIpc) is 2.99. The fourth-order valence-corrected chi connectivity index (χ4v) is 4.60. The van der Waals surface area contributed by atoms with Crippen molar-refractivity contribution >= 4 is 57.1 Å². The first-order valence-electron chi connectivity index (χ1n) is 8.37. The Bertz CT molecular complexity index is 881. The van der Waals surface area contributed by atoms with Crippen molar-refractivity contribution in [3.8, 4) is 5.75 Å². The van der Waals surface area contributed by atoms with Crippen LogP contribution in [0.1, 0.15) is 33.6 Å². The zero-order valence-electron chi connectivity index (χ0n) is 14.3. The number of aryl methyl sites for hydroxylation is 1.